The highest BCUT2D eigenvalue weighted by atomic mass is 19.1. The average Bonchev–Trinajstić information content (AvgIpc) is 3.30. The lowest BCUT2D eigenvalue weighted by Crippen LogP contribution is -2.31. The molecule has 0 bridgehead atoms. The maximum Gasteiger partial charge on any atom is 0.223 e. The lowest BCUT2D eigenvalue weighted by Gasteiger charge is -2.25. The molecule has 1 aliphatic heterocycles. The van der Waals surface area contributed by atoms with Crippen molar-refractivity contribution in [1.29, 1.82) is 0 Å². The van der Waals surface area contributed by atoms with E-state index in [9.17, 15) is 9.18 Å². The molecule has 0 radical (unpaired) electrons. The summed E-state index contributed by atoms with van der Waals surface area (Å²) in [5.74, 6) is 0.755. The smallest absolute Gasteiger partial charge is 0.223 e. The first kappa shape index (κ1) is 21.0. The van der Waals surface area contributed by atoms with Crippen molar-refractivity contribution in [3.63, 3.8) is 0 Å². The Morgan fingerprint density at radius 2 is 1.81 bits per heavy atom. The number of carbonyl (C=O) groups excluding carboxylic acids is 1. The first-order chi connectivity index (χ1) is 15.1. The van der Waals surface area contributed by atoms with Gasteiger partial charge in [-0.1, -0.05) is 30.3 Å². The third-order valence-electron chi connectivity index (χ3n) is 5.83. The van der Waals surface area contributed by atoms with Gasteiger partial charge in [-0.2, -0.15) is 0 Å². The first-order valence-corrected chi connectivity index (χ1v) is 10.7. The van der Waals surface area contributed by atoms with Crippen LogP contribution in [0.25, 0.3) is 0 Å². The quantitative estimate of drug-likeness (QED) is 0.535. The van der Waals surface area contributed by atoms with Crippen LogP contribution in [0.2, 0.25) is 0 Å². The number of nitrogens with zero attached hydrogens (tertiary/aromatic N) is 2. The minimum atomic E-state index is -0.236. The SMILES string of the molecule is COc1ccc(CCC(=O)N2CCC[C@@H]2c2cccc(Cc3ccc(F)cc3)n2)cc1. The summed E-state index contributed by atoms with van der Waals surface area (Å²) in [6.07, 6.45) is 3.76. The predicted octanol–water partition coefficient (Wildman–Crippen LogP) is 5.12. The van der Waals surface area contributed by atoms with E-state index in [-0.39, 0.29) is 17.8 Å². The lowest BCUT2D eigenvalue weighted by atomic mass is 10.1. The van der Waals surface area contributed by atoms with Crippen LogP contribution in [-0.2, 0) is 17.6 Å². The lowest BCUT2D eigenvalue weighted by molar-refractivity contribution is -0.132. The fourth-order valence-electron chi connectivity index (χ4n) is 4.15. The van der Waals surface area contributed by atoms with Crippen LogP contribution < -0.4 is 4.74 Å². The molecule has 1 aromatic heterocycles. The number of carbonyl (C=O) groups is 1. The fraction of sp³-hybridized carbons (Fsp3) is 0.308. The van der Waals surface area contributed by atoms with Crippen LogP contribution in [0.4, 0.5) is 4.39 Å². The third kappa shape index (κ3) is 5.29. The molecular weight excluding hydrogens is 391 g/mol. The zero-order valence-electron chi connectivity index (χ0n) is 17.8. The Hall–Kier alpha value is -3.21. The number of ether oxygens (including phenoxy) is 1. The predicted molar refractivity (Wildman–Crippen MR) is 118 cm³/mol. The van der Waals surface area contributed by atoms with Gasteiger partial charge in [0.2, 0.25) is 5.91 Å². The van der Waals surface area contributed by atoms with E-state index in [4.69, 9.17) is 9.72 Å². The Kier molecular flexibility index (Phi) is 6.60. The highest BCUT2D eigenvalue weighted by molar-refractivity contribution is 5.77. The number of halogens is 1. The second-order valence-corrected chi connectivity index (χ2v) is 7.95. The summed E-state index contributed by atoms with van der Waals surface area (Å²) in [6, 6.07) is 20.4. The van der Waals surface area contributed by atoms with E-state index in [1.54, 1.807) is 19.2 Å². The van der Waals surface area contributed by atoms with E-state index >= 15 is 0 Å². The van der Waals surface area contributed by atoms with Gasteiger partial charge >= 0.3 is 0 Å². The van der Waals surface area contributed by atoms with Gasteiger partial charge in [0.05, 0.1) is 18.8 Å². The second kappa shape index (κ2) is 9.73. The molecule has 1 atom stereocenters. The maximum atomic E-state index is 13.2. The molecule has 1 aliphatic rings. The summed E-state index contributed by atoms with van der Waals surface area (Å²) in [5, 5.41) is 0. The number of rotatable bonds is 7. The topological polar surface area (TPSA) is 42.4 Å². The van der Waals surface area contributed by atoms with Gasteiger partial charge in [-0.3, -0.25) is 9.78 Å². The second-order valence-electron chi connectivity index (χ2n) is 7.95. The summed E-state index contributed by atoms with van der Waals surface area (Å²) in [4.78, 5) is 19.8. The average molecular weight is 419 g/mol. The molecule has 31 heavy (non-hydrogen) atoms. The Morgan fingerprint density at radius 1 is 1.06 bits per heavy atom. The van der Waals surface area contributed by atoms with Crippen molar-refractivity contribution in [2.45, 2.75) is 38.1 Å². The van der Waals surface area contributed by atoms with E-state index in [1.165, 1.54) is 12.1 Å². The summed E-state index contributed by atoms with van der Waals surface area (Å²) < 4.78 is 18.4. The van der Waals surface area contributed by atoms with Gasteiger partial charge in [-0.05, 0) is 66.8 Å². The Morgan fingerprint density at radius 3 is 2.55 bits per heavy atom. The van der Waals surface area contributed by atoms with Gasteiger partial charge in [0.15, 0.2) is 0 Å². The molecule has 0 spiro atoms. The zero-order valence-corrected chi connectivity index (χ0v) is 17.8. The number of aryl methyl sites for hydroxylation is 1. The maximum absolute atomic E-state index is 13.2. The molecule has 0 saturated carbocycles. The van der Waals surface area contributed by atoms with Crippen LogP contribution in [0, 0.1) is 5.82 Å². The molecule has 1 fully saturated rings. The Bertz CT molecular complexity index is 1020. The van der Waals surface area contributed by atoms with Crippen LogP contribution in [0.1, 0.15) is 47.8 Å². The molecule has 2 aromatic carbocycles. The van der Waals surface area contributed by atoms with Crippen molar-refractivity contribution in [2.75, 3.05) is 13.7 Å². The molecule has 160 valence electrons. The van der Waals surface area contributed by atoms with Gasteiger partial charge in [0.1, 0.15) is 11.6 Å². The molecular formula is C26H27FN2O2. The molecule has 4 rings (SSSR count). The van der Waals surface area contributed by atoms with Crippen molar-refractivity contribution in [2.24, 2.45) is 0 Å². The van der Waals surface area contributed by atoms with Crippen LogP contribution >= 0.6 is 0 Å². The number of hydrogen-bond acceptors (Lipinski definition) is 3. The van der Waals surface area contributed by atoms with E-state index in [0.29, 0.717) is 19.3 Å². The minimum absolute atomic E-state index is 0.0246. The fourth-order valence-corrected chi connectivity index (χ4v) is 4.15. The van der Waals surface area contributed by atoms with E-state index in [1.807, 2.05) is 47.4 Å². The summed E-state index contributed by atoms with van der Waals surface area (Å²) >= 11 is 0. The number of aromatic nitrogens is 1. The number of benzene rings is 2. The number of methoxy groups -OCH3 is 1. The zero-order chi connectivity index (χ0) is 21.6. The highest BCUT2D eigenvalue weighted by Gasteiger charge is 2.30. The molecule has 2 heterocycles. The summed E-state index contributed by atoms with van der Waals surface area (Å²) in [5.41, 5.74) is 4.02. The van der Waals surface area contributed by atoms with Crippen molar-refractivity contribution < 1.29 is 13.9 Å². The largest absolute Gasteiger partial charge is 0.497 e. The van der Waals surface area contributed by atoms with E-state index < -0.39 is 0 Å². The van der Waals surface area contributed by atoms with E-state index in [2.05, 4.69) is 0 Å². The molecule has 5 heteroatoms. The van der Waals surface area contributed by atoms with Crippen LogP contribution in [0.5, 0.6) is 5.75 Å². The van der Waals surface area contributed by atoms with Gasteiger partial charge in [0, 0.05) is 25.1 Å². The Balaban J connectivity index is 1.41. The molecule has 0 aliphatic carbocycles. The third-order valence-corrected chi connectivity index (χ3v) is 5.83. The number of likely N-dealkylation sites (tertiary alicyclic amines) is 1. The van der Waals surface area contributed by atoms with E-state index in [0.717, 1.165) is 47.7 Å². The molecule has 0 unspecified atom stereocenters. The van der Waals surface area contributed by atoms with Gasteiger partial charge in [-0.15, -0.1) is 0 Å². The van der Waals surface area contributed by atoms with Gasteiger partial charge < -0.3 is 9.64 Å². The standard InChI is InChI=1S/C26H27FN2O2/c1-31-23-14-9-19(10-15-23)11-16-26(30)29-17-3-6-25(29)24-5-2-4-22(28-24)18-20-7-12-21(27)13-8-20/h2,4-5,7-10,12-15,25H,3,6,11,16-18H2,1H3/t25-/m1/s1. The van der Waals surface area contributed by atoms with Crippen molar-refractivity contribution in [3.8, 4) is 5.75 Å². The molecule has 4 nitrogen and oxygen atoms in total. The van der Waals surface area contributed by atoms with Crippen LogP contribution in [0.3, 0.4) is 0 Å². The molecule has 1 saturated heterocycles. The summed E-state index contributed by atoms with van der Waals surface area (Å²) in [7, 11) is 1.65. The normalized spacial score (nSPS) is 15.8. The van der Waals surface area contributed by atoms with Gasteiger partial charge in [-0.25, -0.2) is 4.39 Å². The molecule has 0 N–H and O–H groups in total. The number of amides is 1. The minimum Gasteiger partial charge on any atom is -0.497 e. The monoisotopic (exact) mass is 418 g/mol. The van der Waals surface area contributed by atoms with Crippen LogP contribution in [-0.4, -0.2) is 29.4 Å². The van der Waals surface area contributed by atoms with Crippen molar-refractivity contribution in [3.05, 3.63) is 95.1 Å². The number of pyridine rings is 1. The van der Waals surface area contributed by atoms with Gasteiger partial charge in [0.25, 0.3) is 0 Å². The first-order valence-electron chi connectivity index (χ1n) is 10.7. The molecule has 3 aromatic rings. The van der Waals surface area contributed by atoms with Crippen molar-refractivity contribution in [1.82, 2.24) is 9.88 Å². The molecule has 1 amide bonds. The number of hydrogen-bond donors (Lipinski definition) is 0. The summed E-state index contributed by atoms with van der Waals surface area (Å²) in [6.45, 7) is 0.774. The Labute approximate surface area is 182 Å². The van der Waals surface area contributed by atoms with Crippen LogP contribution in [0.15, 0.2) is 66.7 Å². The highest BCUT2D eigenvalue weighted by Crippen LogP contribution is 2.32. The van der Waals surface area contributed by atoms with Crippen molar-refractivity contribution >= 4 is 5.91 Å².